The Balaban J connectivity index is 2.73. The van der Waals surface area contributed by atoms with Crippen LogP contribution < -0.4 is 5.32 Å². The van der Waals surface area contributed by atoms with E-state index in [9.17, 15) is 0 Å². The highest BCUT2D eigenvalue weighted by atomic mass is 32.1. The normalized spacial score (nSPS) is 13.1. The second-order valence-electron chi connectivity index (χ2n) is 3.69. The molecule has 0 aliphatic carbocycles. The lowest BCUT2D eigenvalue weighted by molar-refractivity contribution is 0.264. The number of hydrogen-bond acceptors (Lipinski definition) is 4. The number of aryl methyl sites for hydroxylation is 2. The zero-order chi connectivity index (χ0) is 11.3. The molecular formula is C11H20N2OS. The van der Waals surface area contributed by atoms with Gasteiger partial charge in [0.15, 0.2) is 0 Å². The summed E-state index contributed by atoms with van der Waals surface area (Å²) in [4.78, 5) is 5.79. The molecule has 0 saturated carbocycles. The van der Waals surface area contributed by atoms with Crippen molar-refractivity contribution in [2.75, 3.05) is 13.2 Å². The van der Waals surface area contributed by atoms with Crippen molar-refractivity contribution in [1.29, 1.82) is 0 Å². The van der Waals surface area contributed by atoms with Crippen molar-refractivity contribution >= 4 is 11.3 Å². The molecule has 4 heteroatoms. The van der Waals surface area contributed by atoms with Crippen LogP contribution in [-0.2, 0) is 0 Å². The van der Waals surface area contributed by atoms with Gasteiger partial charge in [-0.25, -0.2) is 4.98 Å². The fraction of sp³-hybridized carbons (Fsp3) is 0.727. The largest absolute Gasteiger partial charge is 0.396 e. The highest BCUT2D eigenvalue weighted by molar-refractivity contribution is 7.11. The summed E-state index contributed by atoms with van der Waals surface area (Å²) in [5.74, 6) is 0. The summed E-state index contributed by atoms with van der Waals surface area (Å²) in [5, 5.41) is 13.6. The first-order valence-electron chi connectivity index (χ1n) is 5.47. The molecule has 86 valence electrons. The number of nitrogens with one attached hydrogen (secondary N) is 1. The summed E-state index contributed by atoms with van der Waals surface area (Å²) < 4.78 is 0. The quantitative estimate of drug-likeness (QED) is 0.784. The van der Waals surface area contributed by atoms with Crippen LogP contribution in [-0.4, -0.2) is 23.2 Å². The van der Waals surface area contributed by atoms with Crippen LogP contribution in [0.3, 0.4) is 0 Å². The molecule has 0 aliphatic rings. The summed E-state index contributed by atoms with van der Waals surface area (Å²) in [6, 6.07) is 0.208. The predicted octanol–water partition coefficient (Wildman–Crippen LogP) is 2.18. The number of thiazole rings is 1. The Bertz CT molecular complexity index is 299. The molecule has 0 aliphatic heterocycles. The van der Waals surface area contributed by atoms with E-state index in [2.05, 4.69) is 24.1 Å². The second kappa shape index (κ2) is 6.20. The van der Waals surface area contributed by atoms with Crippen LogP contribution in [0.25, 0.3) is 0 Å². The first-order chi connectivity index (χ1) is 7.19. The average molecular weight is 228 g/mol. The fourth-order valence-corrected chi connectivity index (χ4v) is 2.53. The molecule has 0 saturated heterocycles. The highest BCUT2D eigenvalue weighted by Crippen LogP contribution is 2.24. The summed E-state index contributed by atoms with van der Waals surface area (Å²) in [6.07, 6.45) is 1.84. The van der Waals surface area contributed by atoms with Crippen LogP contribution in [0, 0.1) is 13.8 Å². The molecule has 1 atom stereocenters. The summed E-state index contributed by atoms with van der Waals surface area (Å²) in [5.41, 5.74) is 1.11. The van der Waals surface area contributed by atoms with Crippen LogP contribution in [0.1, 0.15) is 41.4 Å². The Morgan fingerprint density at radius 2 is 2.20 bits per heavy atom. The van der Waals surface area contributed by atoms with E-state index < -0.39 is 0 Å². The maximum atomic E-state index is 9.03. The molecule has 1 heterocycles. The van der Waals surface area contributed by atoms with Gasteiger partial charge in [-0.15, -0.1) is 11.3 Å². The number of nitrogens with zero attached hydrogens (tertiary/aromatic N) is 1. The Morgan fingerprint density at radius 3 is 2.67 bits per heavy atom. The fourth-order valence-electron chi connectivity index (χ4n) is 1.65. The maximum absolute atomic E-state index is 9.03. The van der Waals surface area contributed by atoms with E-state index in [1.807, 2.05) is 6.92 Å². The van der Waals surface area contributed by atoms with Crippen molar-refractivity contribution in [2.45, 2.75) is 39.7 Å². The minimum atomic E-state index is 0.206. The van der Waals surface area contributed by atoms with Gasteiger partial charge in [0.25, 0.3) is 0 Å². The van der Waals surface area contributed by atoms with E-state index in [-0.39, 0.29) is 12.6 Å². The molecule has 2 N–H and O–H groups in total. The van der Waals surface area contributed by atoms with Crippen molar-refractivity contribution in [3.63, 3.8) is 0 Å². The topological polar surface area (TPSA) is 45.1 Å². The Hall–Kier alpha value is -0.450. The molecule has 0 spiro atoms. The Morgan fingerprint density at radius 1 is 1.47 bits per heavy atom. The number of hydrogen-bond donors (Lipinski definition) is 2. The molecule has 1 rings (SSSR count). The van der Waals surface area contributed by atoms with E-state index in [1.54, 1.807) is 11.3 Å². The zero-order valence-electron chi connectivity index (χ0n) is 9.71. The Kier molecular flexibility index (Phi) is 5.22. The Labute approximate surface area is 95.6 Å². The van der Waals surface area contributed by atoms with Crippen LogP contribution in [0.5, 0.6) is 0 Å². The number of aliphatic hydroxyl groups excluding tert-OH is 1. The standard InChI is InChI=1S/C11H20N2OS/c1-4-6-12-10(5-7-14)11-8(2)15-9(3)13-11/h10,12,14H,4-7H2,1-3H3. The van der Waals surface area contributed by atoms with Gasteiger partial charge in [-0.2, -0.15) is 0 Å². The maximum Gasteiger partial charge on any atom is 0.0900 e. The first-order valence-corrected chi connectivity index (χ1v) is 6.28. The molecule has 1 aromatic rings. The first kappa shape index (κ1) is 12.6. The van der Waals surface area contributed by atoms with E-state index in [4.69, 9.17) is 5.11 Å². The number of rotatable bonds is 6. The molecule has 15 heavy (non-hydrogen) atoms. The third kappa shape index (κ3) is 3.55. The van der Waals surface area contributed by atoms with Gasteiger partial charge in [-0.05, 0) is 33.2 Å². The molecular weight excluding hydrogens is 208 g/mol. The highest BCUT2D eigenvalue weighted by Gasteiger charge is 2.16. The average Bonchev–Trinajstić information content (AvgIpc) is 2.52. The predicted molar refractivity (Wildman–Crippen MR) is 64.3 cm³/mol. The smallest absolute Gasteiger partial charge is 0.0900 e. The van der Waals surface area contributed by atoms with Gasteiger partial charge < -0.3 is 10.4 Å². The number of aromatic nitrogens is 1. The van der Waals surface area contributed by atoms with Gasteiger partial charge in [0.1, 0.15) is 0 Å². The lowest BCUT2D eigenvalue weighted by Crippen LogP contribution is -2.24. The minimum absolute atomic E-state index is 0.206. The SMILES string of the molecule is CCCNC(CCO)c1nc(C)sc1C. The molecule has 0 amide bonds. The summed E-state index contributed by atoms with van der Waals surface area (Å²) in [6.45, 7) is 7.44. The van der Waals surface area contributed by atoms with Gasteiger partial charge in [-0.1, -0.05) is 6.92 Å². The van der Waals surface area contributed by atoms with Crippen LogP contribution in [0.2, 0.25) is 0 Å². The lowest BCUT2D eigenvalue weighted by Gasteiger charge is -2.16. The summed E-state index contributed by atoms with van der Waals surface area (Å²) in [7, 11) is 0. The van der Waals surface area contributed by atoms with Crippen LogP contribution in [0.4, 0.5) is 0 Å². The van der Waals surface area contributed by atoms with E-state index in [1.165, 1.54) is 4.88 Å². The van der Waals surface area contributed by atoms with Crippen LogP contribution >= 0.6 is 11.3 Å². The molecule has 0 bridgehead atoms. The van der Waals surface area contributed by atoms with Gasteiger partial charge >= 0.3 is 0 Å². The minimum Gasteiger partial charge on any atom is -0.396 e. The van der Waals surface area contributed by atoms with Crippen molar-refractivity contribution in [3.05, 3.63) is 15.6 Å². The van der Waals surface area contributed by atoms with Crippen molar-refractivity contribution in [2.24, 2.45) is 0 Å². The van der Waals surface area contributed by atoms with E-state index in [0.717, 1.165) is 30.1 Å². The lowest BCUT2D eigenvalue weighted by atomic mass is 10.1. The van der Waals surface area contributed by atoms with Gasteiger partial charge in [0.05, 0.1) is 16.7 Å². The van der Waals surface area contributed by atoms with Gasteiger partial charge in [0, 0.05) is 11.5 Å². The second-order valence-corrected chi connectivity index (χ2v) is 5.10. The molecule has 1 aromatic heterocycles. The van der Waals surface area contributed by atoms with Crippen LogP contribution in [0.15, 0.2) is 0 Å². The van der Waals surface area contributed by atoms with Crippen molar-refractivity contribution in [3.8, 4) is 0 Å². The molecule has 1 unspecified atom stereocenters. The van der Waals surface area contributed by atoms with Crippen molar-refractivity contribution in [1.82, 2.24) is 10.3 Å². The zero-order valence-corrected chi connectivity index (χ0v) is 10.5. The monoisotopic (exact) mass is 228 g/mol. The number of aliphatic hydroxyl groups is 1. The molecule has 0 fully saturated rings. The molecule has 0 radical (unpaired) electrons. The van der Waals surface area contributed by atoms with Crippen molar-refractivity contribution < 1.29 is 5.11 Å². The van der Waals surface area contributed by atoms with Gasteiger partial charge in [-0.3, -0.25) is 0 Å². The third-order valence-corrected chi connectivity index (χ3v) is 3.23. The van der Waals surface area contributed by atoms with E-state index in [0.29, 0.717) is 0 Å². The van der Waals surface area contributed by atoms with Gasteiger partial charge in [0.2, 0.25) is 0 Å². The molecule has 3 nitrogen and oxygen atoms in total. The third-order valence-electron chi connectivity index (χ3n) is 2.33. The summed E-state index contributed by atoms with van der Waals surface area (Å²) >= 11 is 1.72. The van der Waals surface area contributed by atoms with E-state index >= 15 is 0 Å². The molecule has 0 aromatic carbocycles.